The molecule has 6 heteroatoms. The first-order chi connectivity index (χ1) is 14.9. The molecule has 2 aromatic rings. The van der Waals surface area contributed by atoms with E-state index in [0.717, 1.165) is 5.56 Å². The number of nitrogens with zero attached hydrogens (tertiary/aromatic N) is 1. The number of rotatable bonds is 8. The van der Waals surface area contributed by atoms with Crippen molar-refractivity contribution in [3.05, 3.63) is 89.7 Å². The number of hydrogen-bond donors (Lipinski definition) is 0. The number of amides is 1. The zero-order chi connectivity index (χ0) is 22.6. The molecule has 0 fully saturated rings. The Kier molecular flexibility index (Phi) is 6.61. The van der Waals surface area contributed by atoms with E-state index in [1.165, 1.54) is 12.0 Å². The SMILES string of the molecule is C=CCO[C@]1(c2ccc(OC)cc2)C(=O)C(OC)=C(C(=O)N(C)C)[C@H]1c1ccccc1. The maximum atomic E-state index is 13.9. The highest BCUT2D eigenvalue weighted by molar-refractivity contribution is 6.14. The molecule has 162 valence electrons. The van der Waals surface area contributed by atoms with Gasteiger partial charge in [0.1, 0.15) is 5.75 Å². The summed E-state index contributed by atoms with van der Waals surface area (Å²) >= 11 is 0. The highest BCUT2D eigenvalue weighted by Gasteiger charge is 2.60. The van der Waals surface area contributed by atoms with Gasteiger partial charge in [0.25, 0.3) is 5.91 Å². The number of Topliss-reactive ketones (excluding diaryl/α,β-unsaturated/α-hetero) is 1. The molecule has 1 aliphatic rings. The third kappa shape index (κ3) is 3.75. The Hall–Kier alpha value is -3.38. The van der Waals surface area contributed by atoms with Gasteiger partial charge in [-0.25, -0.2) is 0 Å². The molecule has 0 spiro atoms. The van der Waals surface area contributed by atoms with Crippen molar-refractivity contribution in [2.24, 2.45) is 0 Å². The minimum atomic E-state index is -1.49. The Morgan fingerprint density at radius 3 is 2.23 bits per heavy atom. The molecule has 0 N–H and O–H groups in total. The number of ether oxygens (including phenoxy) is 3. The van der Waals surface area contributed by atoms with Crippen LogP contribution in [0.3, 0.4) is 0 Å². The van der Waals surface area contributed by atoms with Crippen LogP contribution in [0.15, 0.2) is 78.6 Å². The topological polar surface area (TPSA) is 65.1 Å². The lowest BCUT2D eigenvalue weighted by Gasteiger charge is -2.36. The number of carbonyl (C=O) groups excluding carboxylic acids is 2. The molecule has 0 unspecified atom stereocenters. The molecule has 2 atom stereocenters. The van der Waals surface area contributed by atoms with Crippen molar-refractivity contribution in [1.82, 2.24) is 4.90 Å². The molecule has 0 saturated carbocycles. The van der Waals surface area contributed by atoms with E-state index in [1.54, 1.807) is 51.5 Å². The van der Waals surface area contributed by atoms with Gasteiger partial charge in [0.05, 0.1) is 32.3 Å². The van der Waals surface area contributed by atoms with Crippen LogP contribution in [-0.4, -0.2) is 51.5 Å². The number of ketones is 1. The van der Waals surface area contributed by atoms with Gasteiger partial charge in [0, 0.05) is 14.1 Å². The Bertz CT molecular complexity index is 994. The van der Waals surface area contributed by atoms with E-state index in [2.05, 4.69) is 6.58 Å². The molecule has 1 aliphatic carbocycles. The number of hydrogen-bond acceptors (Lipinski definition) is 5. The van der Waals surface area contributed by atoms with Crippen LogP contribution in [0.1, 0.15) is 17.0 Å². The minimum Gasteiger partial charge on any atom is -0.497 e. The number of likely N-dealkylation sites (N-methyl/N-ethyl adjacent to an activating group) is 1. The molecule has 31 heavy (non-hydrogen) atoms. The first-order valence-electron chi connectivity index (χ1n) is 9.91. The van der Waals surface area contributed by atoms with Gasteiger partial charge in [0.2, 0.25) is 5.78 Å². The van der Waals surface area contributed by atoms with Crippen molar-refractivity contribution in [2.75, 3.05) is 34.9 Å². The molecule has 1 amide bonds. The fourth-order valence-electron chi connectivity index (χ4n) is 4.03. The summed E-state index contributed by atoms with van der Waals surface area (Å²) < 4.78 is 17.1. The second-order valence-electron chi connectivity index (χ2n) is 7.38. The van der Waals surface area contributed by atoms with Crippen LogP contribution < -0.4 is 4.74 Å². The average molecular weight is 421 g/mol. The molecule has 0 radical (unpaired) electrons. The van der Waals surface area contributed by atoms with E-state index >= 15 is 0 Å². The normalized spacial score (nSPS) is 20.5. The highest BCUT2D eigenvalue weighted by Crippen LogP contribution is 2.53. The van der Waals surface area contributed by atoms with E-state index in [9.17, 15) is 9.59 Å². The maximum Gasteiger partial charge on any atom is 0.253 e. The average Bonchev–Trinajstić information content (AvgIpc) is 3.06. The van der Waals surface area contributed by atoms with Gasteiger partial charge >= 0.3 is 0 Å². The summed E-state index contributed by atoms with van der Waals surface area (Å²) in [6.07, 6.45) is 1.58. The van der Waals surface area contributed by atoms with Crippen molar-refractivity contribution in [1.29, 1.82) is 0 Å². The van der Waals surface area contributed by atoms with E-state index in [1.807, 2.05) is 30.3 Å². The number of methoxy groups -OCH3 is 2. The molecule has 0 saturated heterocycles. The van der Waals surface area contributed by atoms with Crippen molar-refractivity contribution in [2.45, 2.75) is 11.5 Å². The van der Waals surface area contributed by atoms with Gasteiger partial charge < -0.3 is 19.1 Å². The predicted octanol–water partition coefficient (Wildman–Crippen LogP) is 3.45. The fraction of sp³-hybridized carbons (Fsp3) is 0.280. The van der Waals surface area contributed by atoms with Crippen LogP contribution in [0.4, 0.5) is 0 Å². The highest BCUT2D eigenvalue weighted by atomic mass is 16.5. The molecular formula is C25H27NO5. The summed E-state index contributed by atoms with van der Waals surface area (Å²) in [6.45, 7) is 3.85. The smallest absolute Gasteiger partial charge is 0.253 e. The maximum absolute atomic E-state index is 13.9. The van der Waals surface area contributed by atoms with Crippen molar-refractivity contribution in [3.63, 3.8) is 0 Å². The van der Waals surface area contributed by atoms with Crippen LogP contribution in [0.5, 0.6) is 5.75 Å². The molecule has 0 aliphatic heterocycles. The van der Waals surface area contributed by atoms with Gasteiger partial charge in [-0.15, -0.1) is 6.58 Å². The predicted molar refractivity (Wildman–Crippen MR) is 118 cm³/mol. The molecule has 0 heterocycles. The molecule has 0 bridgehead atoms. The molecule has 2 aromatic carbocycles. The van der Waals surface area contributed by atoms with E-state index in [-0.39, 0.29) is 23.8 Å². The van der Waals surface area contributed by atoms with Gasteiger partial charge in [-0.05, 0) is 23.3 Å². The molecular weight excluding hydrogens is 394 g/mol. The monoisotopic (exact) mass is 421 g/mol. The van der Waals surface area contributed by atoms with Gasteiger partial charge in [-0.2, -0.15) is 0 Å². The first kappa shape index (κ1) is 22.3. The standard InChI is InChI=1S/C25H27NO5/c1-6-16-31-25(18-12-14-19(29-4)15-13-18)21(17-10-8-7-9-11-17)20(24(28)26(2)3)22(30-5)23(25)27/h6-15,21H,1,16H2,2-5H3/t21-,25+/m1/s1. The zero-order valence-electron chi connectivity index (χ0n) is 18.3. The summed E-state index contributed by atoms with van der Waals surface area (Å²) in [5.41, 5.74) is 0.149. The first-order valence-corrected chi connectivity index (χ1v) is 9.91. The Balaban J connectivity index is 2.34. The van der Waals surface area contributed by atoms with Crippen LogP contribution >= 0.6 is 0 Å². The van der Waals surface area contributed by atoms with Crippen molar-refractivity contribution < 1.29 is 23.8 Å². The second kappa shape index (κ2) is 9.18. The van der Waals surface area contributed by atoms with Gasteiger partial charge in [-0.1, -0.05) is 48.5 Å². The van der Waals surface area contributed by atoms with E-state index in [0.29, 0.717) is 11.3 Å². The van der Waals surface area contributed by atoms with Crippen LogP contribution in [0, 0.1) is 0 Å². The van der Waals surface area contributed by atoms with Crippen molar-refractivity contribution >= 4 is 11.7 Å². The zero-order valence-corrected chi connectivity index (χ0v) is 18.3. The van der Waals surface area contributed by atoms with Gasteiger partial charge in [0.15, 0.2) is 11.4 Å². The second-order valence-corrected chi connectivity index (χ2v) is 7.38. The third-order valence-electron chi connectivity index (χ3n) is 5.40. The molecule has 0 aromatic heterocycles. The summed E-state index contributed by atoms with van der Waals surface area (Å²) in [5.74, 6) is -0.765. The van der Waals surface area contributed by atoms with Gasteiger partial charge in [-0.3, -0.25) is 9.59 Å². The van der Waals surface area contributed by atoms with E-state index < -0.39 is 17.3 Å². The third-order valence-corrected chi connectivity index (χ3v) is 5.40. The summed E-state index contributed by atoms with van der Waals surface area (Å²) in [5, 5.41) is 0. The van der Waals surface area contributed by atoms with Crippen LogP contribution in [-0.2, 0) is 24.7 Å². The quantitative estimate of drug-likeness (QED) is 0.611. The summed E-state index contributed by atoms with van der Waals surface area (Å²) in [4.78, 5) is 28.6. The summed E-state index contributed by atoms with van der Waals surface area (Å²) in [7, 11) is 6.26. The largest absolute Gasteiger partial charge is 0.497 e. The lowest BCUT2D eigenvalue weighted by Crippen LogP contribution is -2.42. The van der Waals surface area contributed by atoms with Crippen LogP contribution in [0.2, 0.25) is 0 Å². The van der Waals surface area contributed by atoms with Crippen LogP contribution in [0.25, 0.3) is 0 Å². The Labute approximate surface area is 182 Å². The lowest BCUT2D eigenvalue weighted by molar-refractivity contribution is -0.143. The molecule has 3 rings (SSSR count). The summed E-state index contributed by atoms with van der Waals surface area (Å²) in [6, 6.07) is 16.5. The number of carbonyl (C=O) groups is 2. The molecule has 6 nitrogen and oxygen atoms in total. The lowest BCUT2D eigenvalue weighted by atomic mass is 9.75. The Morgan fingerprint density at radius 2 is 1.71 bits per heavy atom. The Morgan fingerprint density at radius 1 is 1.06 bits per heavy atom. The number of benzene rings is 2. The van der Waals surface area contributed by atoms with Crippen molar-refractivity contribution in [3.8, 4) is 5.75 Å². The minimum absolute atomic E-state index is 0.00688. The fourth-order valence-corrected chi connectivity index (χ4v) is 4.03. The van der Waals surface area contributed by atoms with E-state index in [4.69, 9.17) is 14.2 Å².